The summed E-state index contributed by atoms with van der Waals surface area (Å²) in [5.41, 5.74) is 6.40. The van der Waals surface area contributed by atoms with Crippen molar-refractivity contribution in [3.8, 4) is 0 Å². The number of carbonyl (C=O) groups excluding carboxylic acids is 2. The smallest absolute Gasteiger partial charge is 0.274 e. The molecule has 1 saturated heterocycles. The first-order chi connectivity index (χ1) is 13.0. The van der Waals surface area contributed by atoms with E-state index in [0.29, 0.717) is 18.5 Å². The summed E-state index contributed by atoms with van der Waals surface area (Å²) in [6, 6.07) is 13.7. The first kappa shape index (κ1) is 17.7. The number of likely N-dealkylation sites (tertiary alicyclic amines) is 1. The summed E-state index contributed by atoms with van der Waals surface area (Å²) in [6.07, 6.45) is 3.22. The molecule has 1 aliphatic heterocycles. The van der Waals surface area contributed by atoms with Crippen LogP contribution < -0.4 is 5.48 Å². The summed E-state index contributed by atoms with van der Waals surface area (Å²) in [5.74, 6) is -0.287. The Balaban J connectivity index is 1.56. The molecule has 2 aliphatic rings. The predicted molar refractivity (Wildman–Crippen MR) is 101 cm³/mol. The van der Waals surface area contributed by atoms with E-state index in [1.54, 1.807) is 11.5 Å². The van der Waals surface area contributed by atoms with Crippen LogP contribution in [0.3, 0.4) is 0 Å². The molecule has 0 radical (unpaired) electrons. The van der Waals surface area contributed by atoms with Crippen LogP contribution in [-0.4, -0.2) is 28.5 Å². The molecular formula is C22H24N2O3. The standard InChI is InChI=1S/C22H24N2O3/c1-15-4-2-3-5-18(15)14-24-11-10-22(21(24)26)9-8-16-6-7-17(20(25)23-27)12-19(16)13-22/h2-7,12,27H,8-11,13-14H2,1H3,(H,23,25). The van der Waals surface area contributed by atoms with Crippen molar-refractivity contribution in [1.82, 2.24) is 10.4 Å². The third kappa shape index (κ3) is 3.12. The van der Waals surface area contributed by atoms with Crippen molar-refractivity contribution >= 4 is 11.8 Å². The Hall–Kier alpha value is -2.66. The molecule has 5 heteroatoms. The molecule has 5 nitrogen and oxygen atoms in total. The number of amides is 2. The Kier molecular flexibility index (Phi) is 4.48. The van der Waals surface area contributed by atoms with Gasteiger partial charge in [-0.1, -0.05) is 30.3 Å². The number of benzene rings is 2. The Morgan fingerprint density at radius 3 is 2.78 bits per heavy atom. The fourth-order valence-electron chi connectivity index (χ4n) is 4.50. The Labute approximate surface area is 159 Å². The van der Waals surface area contributed by atoms with Gasteiger partial charge in [-0.3, -0.25) is 14.8 Å². The topological polar surface area (TPSA) is 69.6 Å². The van der Waals surface area contributed by atoms with Crippen molar-refractivity contribution < 1.29 is 14.8 Å². The second-order valence-corrected chi connectivity index (χ2v) is 7.78. The molecule has 0 saturated carbocycles. The van der Waals surface area contributed by atoms with Crippen LogP contribution in [-0.2, 0) is 24.2 Å². The van der Waals surface area contributed by atoms with Gasteiger partial charge < -0.3 is 4.90 Å². The minimum Gasteiger partial charge on any atom is -0.338 e. The number of nitrogens with one attached hydrogen (secondary N) is 1. The molecule has 1 fully saturated rings. The van der Waals surface area contributed by atoms with Crippen molar-refractivity contribution in [2.45, 2.75) is 39.2 Å². The van der Waals surface area contributed by atoms with Crippen molar-refractivity contribution in [2.75, 3.05) is 6.54 Å². The summed E-state index contributed by atoms with van der Waals surface area (Å²) < 4.78 is 0. The maximum Gasteiger partial charge on any atom is 0.274 e. The number of hydrogen-bond donors (Lipinski definition) is 2. The second kappa shape index (κ2) is 6.82. The fourth-order valence-corrected chi connectivity index (χ4v) is 4.50. The fraction of sp³-hybridized carbons (Fsp3) is 0.364. The predicted octanol–water partition coefficient (Wildman–Crippen LogP) is 3.02. The zero-order valence-corrected chi connectivity index (χ0v) is 15.5. The number of aryl methyl sites for hydroxylation is 2. The number of hydroxylamine groups is 1. The van der Waals surface area contributed by atoms with Gasteiger partial charge in [-0.05, 0) is 67.0 Å². The van der Waals surface area contributed by atoms with Gasteiger partial charge in [0.2, 0.25) is 5.91 Å². The van der Waals surface area contributed by atoms with Crippen LogP contribution in [0.1, 0.15) is 45.5 Å². The van der Waals surface area contributed by atoms with E-state index in [1.165, 1.54) is 16.7 Å². The first-order valence-corrected chi connectivity index (χ1v) is 9.42. The zero-order valence-electron chi connectivity index (χ0n) is 15.5. The molecule has 1 heterocycles. The Bertz CT molecular complexity index is 908. The van der Waals surface area contributed by atoms with E-state index in [-0.39, 0.29) is 11.3 Å². The summed E-state index contributed by atoms with van der Waals surface area (Å²) in [6.45, 7) is 3.52. The van der Waals surface area contributed by atoms with Crippen molar-refractivity contribution in [3.05, 3.63) is 70.3 Å². The lowest BCUT2D eigenvalue weighted by atomic mass is 9.70. The summed E-state index contributed by atoms with van der Waals surface area (Å²) in [4.78, 5) is 27.0. The van der Waals surface area contributed by atoms with Crippen LogP contribution in [0.4, 0.5) is 0 Å². The molecule has 140 valence electrons. The molecule has 27 heavy (non-hydrogen) atoms. The molecule has 4 rings (SSSR count). The van der Waals surface area contributed by atoms with Crippen molar-refractivity contribution in [1.29, 1.82) is 0 Å². The van der Waals surface area contributed by atoms with E-state index in [9.17, 15) is 9.59 Å². The summed E-state index contributed by atoms with van der Waals surface area (Å²) in [7, 11) is 0. The van der Waals surface area contributed by atoms with Gasteiger partial charge in [0.15, 0.2) is 0 Å². The minimum atomic E-state index is -0.517. The molecule has 2 aromatic carbocycles. The van der Waals surface area contributed by atoms with Gasteiger partial charge in [-0.25, -0.2) is 5.48 Å². The molecule has 2 amide bonds. The van der Waals surface area contributed by atoms with Gasteiger partial charge in [-0.2, -0.15) is 0 Å². The number of nitrogens with zero attached hydrogens (tertiary/aromatic N) is 1. The molecule has 0 bridgehead atoms. The van der Waals surface area contributed by atoms with Crippen LogP contribution in [0.2, 0.25) is 0 Å². The molecular weight excluding hydrogens is 340 g/mol. The van der Waals surface area contributed by atoms with Gasteiger partial charge in [0.05, 0.1) is 5.41 Å². The van der Waals surface area contributed by atoms with Gasteiger partial charge >= 0.3 is 0 Å². The molecule has 2 N–H and O–H groups in total. The van der Waals surface area contributed by atoms with Crippen LogP contribution in [0, 0.1) is 12.3 Å². The highest BCUT2D eigenvalue weighted by Crippen LogP contribution is 2.44. The van der Waals surface area contributed by atoms with E-state index >= 15 is 0 Å². The lowest BCUT2D eigenvalue weighted by Gasteiger charge is -2.33. The quantitative estimate of drug-likeness (QED) is 0.650. The lowest BCUT2D eigenvalue weighted by molar-refractivity contribution is -0.137. The molecule has 1 atom stereocenters. The van der Waals surface area contributed by atoms with Gasteiger partial charge in [0.25, 0.3) is 5.91 Å². The summed E-state index contributed by atoms with van der Waals surface area (Å²) in [5, 5.41) is 8.88. The van der Waals surface area contributed by atoms with Crippen molar-refractivity contribution in [3.63, 3.8) is 0 Å². The van der Waals surface area contributed by atoms with E-state index in [2.05, 4.69) is 19.1 Å². The molecule has 1 spiro atoms. The van der Waals surface area contributed by atoms with E-state index in [0.717, 1.165) is 31.4 Å². The average Bonchev–Trinajstić information content (AvgIpc) is 2.98. The molecule has 1 aliphatic carbocycles. The van der Waals surface area contributed by atoms with Gasteiger partial charge in [-0.15, -0.1) is 0 Å². The lowest BCUT2D eigenvalue weighted by Crippen LogP contribution is -2.38. The monoisotopic (exact) mass is 364 g/mol. The van der Waals surface area contributed by atoms with Crippen molar-refractivity contribution in [2.24, 2.45) is 5.41 Å². The molecule has 1 unspecified atom stereocenters. The number of rotatable bonds is 3. The normalized spacial score (nSPS) is 21.4. The van der Waals surface area contributed by atoms with Gasteiger partial charge in [0.1, 0.15) is 0 Å². The Morgan fingerprint density at radius 1 is 1.19 bits per heavy atom. The minimum absolute atomic E-state index is 0.230. The number of fused-ring (bicyclic) bond motifs is 1. The van der Waals surface area contributed by atoms with Crippen LogP contribution in [0.15, 0.2) is 42.5 Å². The van der Waals surface area contributed by atoms with Crippen LogP contribution in [0.25, 0.3) is 0 Å². The van der Waals surface area contributed by atoms with Gasteiger partial charge in [0, 0.05) is 18.7 Å². The summed E-state index contributed by atoms with van der Waals surface area (Å²) >= 11 is 0. The zero-order chi connectivity index (χ0) is 19.0. The van der Waals surface area contributed by atoms with E-state index in [1.807, 2.05) is 29.2 Å². The SMILES string of the molecule is Cc1ccccc1CN1CCC2(CCc3ccc(C(=O)NO)cc3C2)C1=O. The third-order valence-electron chi connectivity index (χ3n) is 6.20. The highest BCUT2D eigenvalue weighted by Gasteiger charge is 2.48. The highest BCUT2D eigenvalue weighted by atomic mass is 16.5. The maximum atomic E-state index is 13.3. The van der Waals surface area contributed by atoms with Crippen LogP contribution in [0.5, 0.6) is 0 Å². The second-order valence-electron chi connectivity index (χ2n) is 7.78. The number of carbonyl (C=O) groups is 2. The first-order valence-electron chi connectivity index (χ1n) is 9.42. The largest absolute Gasteiger partial charge is 0.338 e. The molecule has 0 aromatic heterocycles. The molecule has 2 aromatic rings. The average molecular weight is 364 g/mol. The van der Waals surface area contributed by atoms with Crippen LogP contribution >= 0.6 is 0 Å². The van der Waals surface area contributed by atoms with E-state index in [4.69, 9.17) is 5.21 Å². The highest BCUT2D eigenvalue weighted by molar-refractivity contribution is 5.93. The maximum absolute atomic E-state index is 13.3. The van der Waals surface area contributed by atoms with E-state index < -0.39 is 5.91 Å². The number of hydrogen-bond acceptors (Lipinski definition) is 3. The Morgan fingerprint density at radius 2 is 2.00 bits per heavy atom. The third-order valence-corrected chi connectivity index (χ3v) is 6.20.